The summed E-state index contributed by atoms with van der Waals surface area (Å²) in [7, 11) is 0. The predicted octanol–water partition coefficient (Wildman–Crippen LogP) is 0.802. The topological polar surface area (TPSA) is 82.8 Å². The lowest BCUT2D eigenvalue weighted by Gasteiger charge is -2.45. The zero-order chi connectivity index (χ0) is 19.4. The van der Waals surface area contributed by atoms with E-state index in [-0.39, 0.29) is 37.0 Å². The summed E-state index contributed by atoms with van der Waals surface area (Å²) in [6.07, 6.45) is 1.42. The molecule has 1 aliphatic heterocycles. The van der Waals surface area contributed by atoms with Gasteiger partial charge in [-0.1, -0.05) is 18.2 Å². The monoisotopic (exact) mass is 374 g/mol. The van der Waals surface area contributed by atoms with Crippen LogP contribution in [-0.4, -0.2) is 51.4 Å². The van der Waals surface area contributed by atoms with Gasteiger partial charge in [0.25, 0.3) is 5.56 Å². The second-order valence-electron chi connectivity index (χ2n) is 7.11. The maximum Gasteiger partial charge on any atom is 0.250 e. The van der Waals surface area contributed by atoms with Gasteiger partial charge in [-0.15, -0.1) is 0 Å². The van der Waals surface area contributed by atoms with Crippen molar-refractivity contribution >= 4 is 5.91 Å². The minimum atomic E-state index is -0.923. The second kappa shape index (κ2) is 8.02. The smallest absolute Gasteiger partial charge is 0.250 e. The molecule has 1 aromatic carbocycles. The Hall–Kier alpha value is -2.51. The SMILES string of the molecule is O=C(Cn1ccccc1=O)N1CC[C@H](O)[C@@](CO)(Cc2ccc(F)cc2)C1. The summed E-state index contributed by atoms with van der Waals surface area (Å²) in [6.45, 7) is 0.129. The Morgan fingerprint density at radius 3 is 2.63 bits per heavy atom. The van der Waals surface area contributed by atoms with Crippen molar-refractivity contribution in [2.45, 2.75) is 25.5 Å². The van der Waals surface area contributed by atoms with Gasteiger partial charge in [0.2, 0.25) is 5.91 Å². The molecule has 1 saturated heterocycles. The number of aliphatic hydroxyl groups is 2. The molecule has 6 nitrogen and oxygen atoms in total. The van der Waals surface area contributed by atoms with Crippen molar-refractivity contribution in [2.24, 2.45) is 5.41 Å². The molecule has 1 fully saturated rings. The molecular formula is C20H23FN2O4. The molecule has 144 valence electrons. The van der Waals surface area contributed by atoms with Gasteiger partial charge in [-0.3, -0.25) is 9.59 Å². The Morgan fingerprint density at radius 2 is 1.96 bits per heavy atom. The fourth-order valence-electron chi connectivity index (χ4n) is 3.59. The Morgan fingerprint density at radius 1 is 1.22 bits per heavy atom. The molecule has 0 spiro atoms. The van der Waals surface area contributed by atoms with E-state index >= 15 is 0 Å². The lowest BCUT2D eigenvalue weighted by atomic mass is 9.73. The van der Waals surface area contributed by atoms with Gasteiger partial charge in [-0.2, -0.15) is 0 Å². The Balaban J connectivity index is 1.77. The van der Waals surface area contributed by atoms with Crippen LogP contribution in [0.4, 0.5) is 4.39 Å². The molecule has 3 rings (SSSR count). The van der Waals surface area contributed by atoms with Crippen LogP contribution in [0.5, 0.6) is 0 Å². The maximum atomic E-state index is 13.1. The number of halogens is 1. The molecule has 27 heavy (non-hydrogen) atoms. The molecule has 1 aliphatic rings. The van der Waals surface area contributed by atoms with E-state index in [1.807, 2.05) is 0 Å². The van der Waals surface area contributed by atoms with Crippen LogP contribution in [0.15, 0.2) is 53.5 Å². The molecule has 1 aromatic heterocycles. The summed E-state index contributed by atoms with van der Waals surface area (Å²) in [5.41, 5.74) is -0.409. The summed E-state index contributed by atoms with van der Waals surface area (Å²) >= 11 is 0. The number of carbonyl (C=O) groups excluding carboxylic acids is 1. The number of hydrogen-bond acceptors (Lipinski definition) is 4. The molecule has 1 amide bonds. The average molecular weight is 374 g/mol. The van der Waals surface area contributed by atoms with E-state index in [2.05, 4.69) is 0 Å². The van der Waals surface area contributed by atoms with Crippen LogP contribution in [0.1, 0.15) is 12.0 Å². The first kappa shape index (κ1) is 19.3. The largest absolute Gasteiger partial charge is 0.396 e. The number of piperidine rings is 1. The lowest BCUT2D eigenvalue weighted by molar-refractivity contribution is -0.142. The molecule has 7 heteroatoms. The number of rotatable bonds is 5. The predicted molar refractivity (Wildman–Crippen MR) is 97.5 cm³/mol. The first-order valence-electron chi connectivity index (χ1n) is 8.90. The van der Waals surface area contributed by atoms with Crippen LogP contribution < -0.4 is 5.56 Å². The molecule has 0 aliphatic carbocycles. The van der Waals surface area contributed by atoms with Crippen LogP contribution >= 0.6 is 0 Å². The van der Waals surface area contributed by atoms with Gasteiger partial charge in [0.15, 0.2) is 0 Å². The zero-order valence-electron chi connectivity index (χ0n) is 14.9. The van der Waals surface area contributed by atoms with Crippen LogP contribution in [0.2, 0.25) is 0 Å². The standard InChI is InChI=1S/C20H23FN2O4/c21-16-6-4-15(5-7-16)11-20(14-24)13-23(10-8-17(20)25)19(27)12-22-9-2-1-3-18(22)26/h1-7,9,17,24-25H,8,10-14H2/t17-,20-/m0/s1. The van der Waals surface area contributed by atoms with Crippen molar-refractivity contribution in [1.82, 2.24) is 9.47 Å². The van der Waals surface area contributed by atoms with E-state index < -0.39 is 11.5 Å². The quantitative estimate of drug-likeness (QED) is 0.811. The number of nitrogens with zero attached hydrogens (tertiary/aromatic N) is 2. The summed E-state index contributed by atoms with van der Waals surface area (Å²) in [5, 5.41) is 20.6. The third kappa shape index (κ3) is 4.26. The zero-order valence-corrected chi connectivity index (χ0v) is 14.9. The second-order valence-corrected chi connectivity index (χ2v) is 7.11. The van der Waals surface area contributed by atoms with Gasteiger partial charge in [0.05, 0.1) is 12.7 Å². The molecular weight excluding hydrogens is 351 g/mol. The summed E-state index contributed by atoms with van der Waals surface area (Å²) in [4.78, 5) is 26.1. The lowest BCUT2D eigenvalue weighted by Crippen LogP contribution is -2.57. The number of hydrogen-bond donors (Lipinski definition) is 2. The number of amides is 1. The van der Waals surface area contributed by atoms with Crippen LogP contribution in [0.25, 0.3) is 0 Å². The highest BCUT2D eigenvalue weighted by Crippen LogP contribution is 2.34. The van der Waals surface area contributed by atoms with Gasteiger partial charge in [-0.05, 0) is 36.6 Å². The van der Waals surface area contributed by atoms with Crippen molar-refractivity contribution in [3.63, 3.8) is 0 Å². The van der Waals surface area contributed by atoms with E-state index in [9.17, 15) is 24.2 Å². The highest BCUT2D eigenvalue weighted by atomic mass is 19.1. The number of aliphatic hydroxyl groups excluding tert-OH is 2. The third-order valence-electron chi connectivity index (χ3n) is 5.23. The number of pyridine rings is 1. The van der Waals surface area contributed by atoms with Crippen LogP contribution in [0.3, 0.4) is 0 Å². The molecule has 2 heterocycles. The Bertz CT molecular complexity index is 852. The summed E-state index contributed by atoms with van der Waals surface area (Å²) in [5.74, 6) is -0.599. The van der Waals surface area contributed by atoms with Crippen molar-refractivity contribution in [3.05, 3.63) is 70.4 Å². The fourth-order valence-corrected chi connectivity index (χ4v) is 3.59. The molecule has 0 radical (unpaired) electrons. The third-order valence-corrected chi connectivity index (χ3v) is 5.23. The van der Waals surface area contributed by atoms with Gasteiger partial charge in [0.1, 0.15) is 12.4 Å². The van der Waals surface area contributed by atoms with Gasteiger partial charge < -0.3 is 19.7 Å². The maximum absolute atomic E-state index is 13.1. The first-order chi connectivity index (χ1) is 12.9. The number of carbonyl (C=O) groups is 1. The minimum absolute atomic E-state index is 0.0895. The highest BCUT2D eigenvalue weighted by Gasteiger charge is 2.43. The molecule has 2 N–H and O–H groups in total. The number of benzene rings is 1. The van der Waals surface area contributed by atoms with Crippen molar-refractivity contribution < 1.29 is 19.4 Å². The molecule has 2 atom stereocenters. The van der Waals surface area contributed by atoms with Crippen LogP contribution in [0, 0.1) is 11.2 Å². The normalized spacial score (nSPS) is 22.6. The van der Waals surface area contributed by atoms with E-state index in [1.165, 1.54) is 22.8 Å². The fraction of sp³-hybridized carbons (Fsp3) is 0.400. The van der Waals surface area contributed by atoms with Crippen molar-refractivity contribution in [3.8, 4) is 0 Å². The van der Waals surface area contributed by atoms with Crippen molar-refractivity contribution in [2.75, 3.05) is 19.7 Å². The molecule has 0 bridgehead atoms. The minimum Gasteiger partial charge on any atom is -0.396 e. The summed E-state index contributed by atoms with van der Waals surface area (Å²) < 4.78 is 14.5. The van der Waals surface area contributed by atoms with E-state index in [0.29, 0.717) is 19.4 Å². The van der Waals surface area contributed by atoms with Crippen molar-refractivity contribution in [1.29, 1.82) is 0 Å². The van der Waals surface area contributed by atoms with Gasteiger partial charge in [-0.25, -0.2) is 4.39 Å². The van der Waals surface area contributed by atoms with Crippen LogP contribution in [-0.2, 0) is 17.8 Å². The molecule has 0 unspecified atom stereocenters. The van der Waals surface area contributed by atoms with E-state index in [4.69, 9.17) is 0 Å². The first-order valence-corrected chi connectivity index (χ1v) is 8.90. The Labute approximate surface area is 156 Å². The van der Waals surface area contributed by atoms with E-state index in [1.54, 1.807) is 35.4 Å². The Kier molecular flexibility index (Phi) is 5.72. The number of aromatic nitrogens is 1. The van der Waals surface area contributed by atoms with E-state index in [0.717, 1.165) is 5.56 Å². The van der Waals surface area contributed by atoms with Gasteiger partial charge in [0, 0.05) is 30.8 Å². The molecule has 0 saturated carbocycles. The average Bonchev–Trinajstić information content (AvgIpc) is 2.67. The highest BCUT2D eigenvalue weighted by molar-refractivity contribution is 5.76. The van der Waals surface area contributed by atoms with Gasteiger partial charge >= 0.3 is 0 Å². The molecule has 2 aromatic rings. The number of likely N-dealkylation sites (tertiary alicyclic amines) is 1. The summed E-state index contributed by atoms with van der Waals surface area (Å²) in [6, 6.07) is 10.6.